The molecule has 0 aliphatic carbocycles. The number of aromatic nitrogens is 5. The summed E-state index contributed by atoms with van der Waals surface area (Å²) < 4.78 is 28.9. The Hall–Kier alpha value is -3.08. The van der Waals surface area contributed by atoms with Crippen LogP contribution in [0.25, 0.3) is 5.65 Å². The van der Waals surface area contributed by atoms with Gasteiger partial charge in [0.1, 0.15) is 11.4 Å². The average molecular weight is 390 g/mol. The zero-order valence-corrected chi connectivity index (χ0v) is 15.5. The standard InChI is InChI=1S/C17H20F2N8O/c1-24-5-7-26(8-6-24)13-3-4-27-16(22-13)11(9-20-27)17(28)21-12-10-25(2)23-14(12)15(18)19/h3-4,9-10,15H,5-8H2,1-2H3,(H,21,28). The number of carbonyl (C=O) groups is 1. The van der Waals surface area contributed by atoms with Crippen LogP contribution < -0.4 is 10.2 Å². The van der Waals surface area contributed by atoms with Gasteiger partial charge in [-0.25, -0.2) is 18.3 Å². The minimum atomic E-state index is -2.79. The van der Waals surface area contributed by atoms with E-state index in [1.165, 1.54) is 28.6 Å². The van der Waals surface area contributed by atoms with Crippen LogP contribution in [0.3, 0.4) is 0 Å². The average Bonchev–Trinajstić information content (AvgIpc) is 3.25. The molecule has 1 N–H and O–H groups in total. The molecule has 0 spiro atoms. The van der Waals surface area contributed by atoms with Crippen molar-refractivity contribution in [3.05, 3.63) is 35.9 Å². The van der Waals surface area contributed by atoms with Crippen LogP contribution >= 0.6 is 0 Å². The number of fused-ring (bicyclic) bond motifs is 1. The zero-order valence-electron chi connectivity index (χ0n) is 15.5. The number of nitrogens with zero attached hydrogens (tertiary/aromatic N) is 7. The fourth-order valence-electron chi connectivity index (χ4n) is 3.18. The van der Waals surface area contributed by atoms with Gasteiger partial charge in [-0.05, 0) is 13.1 Å². The van der Waals surface area contributed by atoms with Gasteiger partial charge in [-0.2, -0.15) is 10.2 Å². The first-order valence-corrected chi connectivity index (χ1v) is 8.83. The quantitative estimate of drug-likeness (QED) is 0.725. The number of rotatable bonds is 4. The Morgan fingerprint density at radius 3 is 2.68 bits per heavy atom. The summed E-state index contributed by atoms with van der Waals surface area (Å²) in [7, 11) is 3.58. The van der Waals surface area contributed by atoms with Crippen LogP contribution in [0, 0.1) is 0 Å². The summed E-state index contributed by atoms with van der Waals surface area (Å²) in [6.07, 6.45) is 1.67. The number of anilines is 2. The predicted molar refractivity (Wildman–Crippen MR) is 98.8 cm³/mol. The van der Waals surface area contributed by atoms with E-state index in [4.69, 9.17) is 0 Å². The summed E-state index contributed by atoms with van der Waals surface area (Å²) in [5.41, 5.74) is 0.0759. The molecule has 3 aromatic rings. The second-order valence-corrected chi connectivity index (χ2v) is 6.76. The summed E-state index contributed by atoms with van der Waals surface area (Å²) in [4.78, 5) is 21.7. The lowest BCUT2D eigenvalue weighted by molar-refractivity contribution is 0.102. The van der Waals surface area contributed by atoms with Gasteiger partial charge in [0.2, 0.25) is 0 Å². The molecule has 3 aromatic heterocycles. The molecular formula is C17H20F2N8O. The van der Waals surface area contributed by atoms with Crippen LogP contribution in [0.5, 0.6) is 0 Å². The molecule has 4 rings (SSSR count). The zero-order chi connectivity index (χ0) is 19.8. The molecule has 0 unspecified atom stereocenters. The smallest absolute Gasteiger partial charge is 0.284 e. The molecule has 9 nitrogen and oxygen atoms in total. The first-order chi connectivity index (χ1) is 13.4. The van der Waals surface area contributed by atoms with Crippen molar-refractivity contribution in [2.45, 2.75) is 6.43 Å². The van der Waals surface area contributed by atoms with Gasteiger partial charge >= 0.3 is 0 Å². The Balaban J connectivity index is 1.61. The van der Waals surface area contributed by atoms with Crippen LogP contribution in [0.15, 0.2) is 24.7 Å². The summed E-state index contributed by atoms with van der Waals surface area (Å²) in [5.74, 6) is 0.192. The lowest BCUT2D eigenvalue weighted by atomic mass is 10.3. The van der Waals surface area contributed by atoms with E-state index >= 15 is 0 Å². The van der Waals surface area contributed by atoms with Crippen LogP contribution in [0.1, 0.15) is 22.5 Å². The Morgan fingerprint density at radius 2 is 1.96 bits per heavy atom. The number of hydrogen-bond donors (Lipinski definition) is 1. The highest BCUT2D eigenvalue weighted by Gasteiger charge is 2.22. The molecule has 1 aliphatic rings. The molecule has 1 saturated heterocycles. The SMILES string of the molecule is CN1CCN(c2ccn3ncc(C(=O)Nc4cn(C)nc4C(F)F)c3n2)CC1. The maximum atomic E-state index is 13.1. The molecule has 28 heavy (non-hydrogen) atoms. The minimum Gasteiger partial charge on any atom is -0.354 e. The molecule has 1 aliphatic heterocycles. The molecule has 4 heterocycles. The van der Waals surface area contributed by atoms with E-state index in [-0.39, 0.29) is 11.3 Å². The highest BCUT2D eigenvalue weighted by Crippen LogP contribution is 2.26. The van der Waals surface area contributed by atoms with E-state index in [1.807, 2.05) is 6.07 Å². The first kappa shape index (κ1) is 18.3. The molecule has 1 amide bonds. The second-order valence-electron chi connectivity index (χ2n) is 6.76. The third kappa shape index (κ3) is 3.40. The number of piperazine rings is 1. The number of amides is 1. The molecule has 1 fully saturated rings. The number of aryl methyl sites for hydroxylation is 1. The first-order valence-electron chi connectivity index (χ1n) is 8.83. The maximum absolute atomic E-state index is 13.1. The van der Waals surface area contributed by atoms with E-state index in [9.17, 15) is 13.6 Å². The molecule has 0 bridgehead atoms. The van der Waals surface area contributed by atoms with E-state index in [0.29, 0.717) is 5.65 Å². The molecular weight excluding hydrogens is 370 g/mol. The van der Waals surface area contributed by atoms with Crippen molar-refractivity contribution in [1.82, 2.24) is 29.3 Å². The van der Waals surface area contributed by atoms with Gasteiger partial charge in [-0.15, -0.1) is 0 Å². The Morgan fingerprint density at radius 1 is 1.21 bits per heavy atom. The van der Waals surface area contributed by atoms with E-state index in [2.05, 4.69) is 37.3 Å². The lowest BCUT2D eigenvalue weighted by Gasteiger charge is -2.33. The Bertz CT molecular complexity index is 1010. The summed E-state index contributed by atoms with van der Waals surface area (Å²) >= 11 is 0. The molecule has 11 heteroatoms. The molecule has 0 saturated carbocycles. The minimum absolute atomic E-state index is 0.0305. The van der Waals surface area contributed by atoms with Crippen molar-refractivity contribution >= 4 is 23.1 Å². The van der Waals surface area contributed by atoms with Gasteiger partial charge in [0.15, 0.2) is 11.3 Å². The van der Waals surface area contributed by atoms with Crippen molar-refractivity contribution in [3.63, 3.8) is 0 Å². The van der Waals surface area contributed by atoms with Crippen LogP contribution in [-0.4, -0.2) is 68.4 Å². The normalized spacial score (nSPS) is 15.5. The number of carbonyl (C=O) groups excluding carboxylic acids is 1. The van der Waals surface area contributed by atoms with Crippen LogP contribution in [-0.2, 0) is 7.05 Å². The van der Waals surface area contributed by atoms with Crippen molar-refractivity contribution in [2.75, 3.05) is 43.4 Å². The highest BCUT2D eigenvalue weighted by molar-refractivity contribution is 6.08. The monoisotopic (exact) mass is 390 g/mol. The topological polar surface area (TPSA) is 83.6 Å². The Labute approximate surface area is 159 Å². The van der Waals surface area contributed by atoms with Crippen molar-refractivity contribution in [2.24, 2.45) is 7.05 Å². The van der Waals surface area contributed by atoms with Crippen LogP contribution in [0.2, 0.25) is 0 Å². The molecule has 0 radical (unpaired) electrons. The third-order valence-electron chi connectivity index (χ3n) is 4.74. The van der Waals surface area contributed by atoms with Gasteiger partial charge < -0.3 is 15.1 Å². The number of halogens is 2. The predicted octanol–water partition coefficient (Wildman–Crippen LogP) is 1.40. The van der Waals surface area contributed by atoms with Crippen LogP contribution in [0.4, 0.5) is 20.3 Å². The molecule has 0 aromatic carbocycles. The lowest BCUT2D eigenvalue weighted by Crippen LogP contribution is -2.44. The molecule has 148 valence electrons. The summed E-state index contributed by atoms with van der Waals surface area (Å²) in [6, 6.07) is 1.85. The maximum Gasteiger partial charge on any atom is 0.284 e. The summed E-state index contributed by atoms with van der Waals surface area (Å²) in [6.45, 7) is 3.53. The van der Waals surface area contributed by atoms with Gasteiger partial charge in [0.25, 0.3) is 12.3 Å². The van der Waals surface area contributed by atoms with Crippen molar-refractivity contribution < 1.29 is 13.6 Å². The van der Waals surface area contributed by atoms with E-state index in [1.54, 1.807) is 6.20 Å². The highest BCUT2D eigenvalue weighted by atomic mass is 19.3. The number of likely N-dealkylation sites (N-methyl/N-ethyl adjacent to an activating group) is 1. The second kappa shape index (κ2) is 7.15. The van der Waals surface area contributed by atoms with Crippen molar-refractivity contribution in [3.8, 4) is 0 Å². The van der Waals surface area contributed by atoms with Crippen molar-refractivity contribution in [1.29, 1.82) is 0 Å². The van der Waals surface area contributed by atoms with E-state index in [0.717, 1.165) is 32.0 Å². The third-order valence-corrected chi connectivity index (χ3v) is 4.74. The number of nitrogens with one attached hydrogen (secondary N) is 1. The van der Waals surface area contributed by atoms with Gasteiger partial charge in [0.05, 0.1) is 11.9 Å². The fraction of sp³-hybridized carbons (Fsp3) is 0.412. The fourth-order valence-corrected chi connectivity index (χ4v) is 3.18. The van der Waals surface area contributed by atoms with Gasteiger partial charge in [-0.1, -0.05) is 0 Å². The summed E-state index contributed by atoms with van der Waals surface area (Å²) in [5, 5.41) is 10.3. The molecule has 0 atom stereocenters. The van der Waals surface area contributed by atoms with Gasteiger partial charge in [-0.3, -0.25) is 9.48 Å². The Kier molecular flexibility index (Phi) is 4.67. The number of hydrogen-bond acceptors (Lipinski definition) is 6. The van der Waals surface area contributed by atoms with Gasteiger partial charge in [0, 0.05) is 45.6 Å². The number of alkyl halides is 2. The van der Waals surface area contributed by atoms with E-state index < -0.39 is 18.0 Å². The largest absolute Gasteiger partial charge is 0.354 e.